The Hall–Kier alpha value is -2.37. The molecule has 4 nitrogen and oxygen atoms in total. The maximum absolute atomic E-state index is 13.9. The van der Waals surface area contributed by atoms with Gasteiger partial charge in [0.05, 0.1) is 11.6 Å². The zero-order valence-corrected chi connectivity index (χ0v) is 16.8. The smallest absolute Gasteiger partial charge is 0.408 e. The van der Waals surface area contributed by atoms with Crippen molar-refractivity contribution in [2.45, 2.75) is 63.5 Å². The SMILES string of the molecule is CCC(F)(F)[C@H]1CC[C@@H](Oc2ccc3cc([C@]4(C)COC(=O)N4)ccc3c2)CC1. The summed E-state index contributed by atoms with van der Waals surface area (Å²) < 4.78 is 38.9. The number of carbonyl (C=O) groups is 1. The van der Waals surface area contributed by atoms with Crippen LogP contribution in [0.1, 0.15) is 51.5 Å². The molecule has 1 saturated heterocycles. The molecule has 6 heteroatoms. The van der Waals surface area contributed by atoms with Gasteiger partial charge in [-0.25, -0.2) is 13.6 Å². The van der Waals surface area contributed by atoms with Crippen molar-refractivity contribution in [2.75, 3.05) is 6.61 Å². The van der Waals surface area contributed by atoms with Crippen molar-refractivity contribution < 1.29 is 23.0 Å². The number of alkyl carbamates (subject to hydrolysis) is 1. The van der Waals surface area contributed by atoms with Crippen LogP contribution >= 0.6 is 0 Å². The van der Waals surface area contributed by atoms with Crippen molar-refractivity contribution in [3.63, 3.8) is 0 Å². The first-order chi connectivity index (χ1) is 13.8. The van der Waals surface area contributed by atoms with Crippen LogP contribution in [0, 0.1) is 5.92 Å². The molecule has 29 heavy (non-hydrogen) atoms. The Balaban J connectivity index is 1.44. The third-order valence-corrected chi connectivity index (χ3v) is 6.36. The maximum Gasteiger partial charge on any atom is 0.408 e. The van der Waals surface area contributed by atoms with Gasteiger partial charge < -0.3 is 14.8 Å². The number of ether oxygens (including phenoxy) is 2. The minimum atomic E-state index is -2.56. The lowest BCUT2D eigenvalue weighted by Crippen LogP contribution is -2.37. The molecule has 1 amide bonds. The number of alkyl halides is 2. The highest BCUT2D eigenvalue weighted by atomic mass is 19.3. The van der Waals surface area contributed by atoms with E-state index in [4.69, 9.17) is 9.47 Å². The van der Waals surface area contributed by atoms with Gasteiger partial charge in [-0.1, -0.05) is 25.1 Å². The number of halogens is 2. The first kappa shape index (κ1) is 19.9. The highest BCUT2D eigenvalue weighted by molar-refractivity contribution is 5.85. The number of nitrogens with one attached hydrogen (secondary N) is 1. The van der Waals surface area contributed by atoms with Gasteiger partial charge in [-0.15, -0.1) is 0 Å². The Morgan fingerprint density at radius 3 is 2.48 bits per heavy atom. The van der Waals surface area contributed by atoms with E-state index < -0.39 is 23.5 Å². The Kier molecular flexibility index (Phi) is 5.13. The fourth-order valence-electron chi connectivity index (χ4n) is 4.39. The molecule has 0 bridgehead atoms. The van der Waals surface area contributed by atoms with Crippen LogP contribution in [0.5, 0.6) is 5.75 Å². The van der Waals surface area contributed by atoms with Crippen LogP contribution in [0.15, 0.2) is 36.4 Å². The lowest BCUT2D eigenvalue weighted by Gasteiger charge is -2.33. The van der Waals surface area contributed by atoms with Gasteiger partial charge in [0, 0.05) is 12.3 Å². The molecule has 1 aliphatic heterocycles. The number of benzene rings is 2. The monoisotopic (exact) mass is 403 g/mol. The van der Waals surface area contributed by atoms with E-state index in [-0.39, 0.29) is 12.5 Å². The number of fused-ring (bicyclic) bond motifs is 1. The molecule has 1 saturated carbocycles. The van der Waals surface area contributed by atoms with Gasteiger partial charge in [-0.05, 0) is 67.1 Å². The summed E-state index contributed by atoms with van der Waals surface area (Å²) in [5.41, 5.74) is 0.458. The Labute approximate surface area is 169 Å². The van der Waals surface area contributed by atoms with Crippen LogP contribution in [0.2, 0.25) is 0 Å². The van der Waals surface area contributed by atoms with Crippen LogP contribution < -0.4 is 10.1 Å². The molecule has 0 spiro atoms. The van der Waals surface area contributed by atoms with Crippen molar-refractivity contribution in [3.8, 4) is 5.75 Å². The minimum Gasteiger partial charge on any atom is -0.490 e. The number of rotatable bonds is 5. The van der Waals surface area contributed by atoms with Gasteiger partial charge in [-0.3, -0.25) is 0 Å². The van der Waals surface area contributed by atoms with Crippen LogP contribution in [0.3, 0.4) is 0 Å². The lowest BCUT2D eigenvalue weighted by molar-refractivity contribution is -0.0819. The molecular formula is C23H27F2NO3. The maximum atomic E-state index is 13.9. The average molecular weight is 403 g/mol. The van der Waals surface area contributed by atoms with Crippen LogP contribution in [0.25, 0.3) is 10.8 Å². The van der Waals surface area contributed by atoms with Gasteiger partial charge in [-0.2, -0.15) is 0 Å². The number of carbonyl (C=O) groups excluding carboxylic acids is 1. The summed E-state index contributed by atoms with van der Waals surface area (Å²) in [7, 11) is 0. The van der Waals surface area contributed by atoms with E-state index in [1.807, 2.05) is 43.3 Å². The summed E-state index contributed by atoms with van der Waals surface area (Å²) >= 11 is 0. The Morgan fingerprint density at radius 2 is 1.83 bits per heavy atom. The molecule has 0 aromatic heterocycles. The molecule has 1 aliphatic carbocycles. The largest absolute Gasteiger partial charge is 0.490 e. The van der Waals surface area contributed by atoms with Gasteiger partial charge in [0.15, 0.2) is 0 Å². The molecule has 156 valence electrons. The zero-order chi connectivity index (χ0) is 20.6. The van der Waals surface area contributed by atoms with E-state index in [0.717, 1.165) is 22.1 Å². The van der Waals surface area contributed by atoms with E-state index >= 15 is 0 Å². The summed E-state index contributed by atoms with van der Waals surface area (Å²) in [6, 6.07) is 11.9. The van der Waals surface area contributed by atoms with Crippen molar-refractivity contribution in [2.24, 2.45) is 5.92 Å². The third-order valence-electron chi connectivity index (χ3n) is 6.36. The Bertz CT molecular complexity index is 908. The molecule has 1 atom stereocenters. The lowest BCUT2D eigenvalue weighted by atomic mass is 9.82. The predicted molar refractivity (Wildman–Crippen MR) is 107 cm³/mol. The van der Waals surface area contributed by atoms with E-state index in [1.165, 1.54) is 0 Å². The summed E-state index contributed by atoms with van der Waals surface area (Å²) in [5.74, 6) is -2.32. The van der Waals surface area contributed by atoms with Crippen LogP contribution in [-0.2, 0) is 10.3 Å². The molecule has 4 rings (SSSR count). The fraction of sp³-hybridized carbons (Fsp3) is 0.522. The van der Waals surface area contributed by atoms with Gasteiger partial charge in [0.1, 0.15) is 12.4 Å². The topological polar surface area (TPSA) is 47.6 Å². The van der Waals surface area contributed by atoms with E-state index in [1.54, 1.807) is 6.92 Å². The number of cyclic esters (lactones) is 1. The summed E-state index contributed by atoms with van der Waals surface area (Å²) in [5, 5.41) is 4.93. The quantitative estimate of drug-likeness (QED) is 0.689. The Morgan fingerprint density at radius 1 is 1.14 bits per heavy atom. The molecule has 2 aromatic carbocycles. The second-order valence-corrected chi connectivity index (χ2v) is 8.46. The van der Waals surface area contributed by atoms with Crippen molar-refractivity contribution in [3.05, 3.63) is 42.0 Å². The fourth-order valence-corrected chi connectivity index (χ4v) is 4.39. The summed E-state index contributed by atoms with van der Waals surface area (Å²) in [6.07, 6.45) is 1.84. The van der Waals surface area contributed by atoms with Crippen molar-refractivity contribution in [1.29, 1.82) is 0 Å². The molecule has 2 aromatic rings. The molecule has 0 unspecified atom stereocenters. The average Bonchev–Trinajstić information content (AvgIpc) is 3.08. The van der Waals surface area contributed by atoms with Crippen molar-refractivity contribution >= 4 is 16.9 Å². The summed E-state index contributed by atoms with van der Waals surface area (Å²) in [4.78, 5) is 11.4. The molecule has 2 fully saturated rings. The van der Waals surface area contributed by atoms with Crippen LogP contribution in [-0.4, -0.2) is 24.7 Å². The standard InChI is InChI=1S/C23H27F2NO3/c1-3-23(24,25)17-7-10-19(11-8-17)29-20-9-5-15-12-18(6-4-16(15)13-20)22(2)14-28-21(27)26-22/h4-6,9,12-13,17,19H,3,7-8,10-11,14H2,1-2H3,(H,26,27)/t17-,19+,22-/m0/s1. The summed E-state index contributed by atoms with van der Waals surface area (Å²) in [6.45, 7) is 3.80. The zero-order valence-electron chi connectivity index (χ0n) is 16.8. The highest BCUT2D eigenvalue weighted by Gasteiger charge is 2.40. The van der Waals surface area contributed by atoms with E-state index in [2.05, 4.69) is 5.32 Å². The first-order valence-electron chi connectivity index (χ1n) is 10.3. The van der Waals surface area contributed by atoms with Gasteiger partial charge >= 0.3 is 6.09 Å². The molecular weight excluding hydrogens is 376 g/mol. The number of hydrogen-bond donors (Lipinski definition) is 1. The third kappa shape index (κ3) is 4.02. The highest BCUT2D eigenvalue weighted by Crippen LogP contribution is 2.39. The van der Waals surface area contributed by atoms with Crippen LogP contribution in [0.4, 0.5) is 13.6 Å². The molecule has 2 aliphatic rings. The van der Waals surface area contributed by atoms with E-state index in [0.29, 0.717) is 32.3 Å². The van der Waals surface area contributed by atoms with Gasteiger partial charge in [0.25, 0.3) is 5.92 Å². The molecule has 1 heterocycles. The van der Waals surface area contributed by atoms with E-state index in [9.17, 15) is 13.6 Å². The second-order valence-electron chi connectivity index (χ2n) is 8.46. The minimum absolute atomic E-state index is 0.0135. The number of amides is 1. The molecule has 1 N–H and O–H groups in total. The predicted octanol–water partition coefficient (Wildman–Crippen LogP) is 5.78. The number of hydrogen-bond acceptors (Lipinski definition) is 3. The second kappa shape index (κ2) is 7.47. The first-order valence-corrected chi connectivity index (χ1v) is 10.3. The molecule has 0 radical (unpaired) electrons. The van der Waals surface area contributed by atoms with Gasteiger partial charge in [0.2, 0.25) is 0 Å². The van der Waals surface area contributed by atoms with Crippen molar-refractivity contribution in [1.82, 2.24) is 5.32 Å². The normalized spacial score (nSPS) is 27.5.